The summed E-state index contributed by atoms with van der Waals surface area (Å²) >= 11 is 6.22. The van der Waals surface area contributed by atoms with E-state index in [1.807, 2.05) is 0 Å². The number of benzene rings is 1. The van der Waals surface area contributed by atoms with Gasteiger partial charge in [-0.3, -0.25) is 13.9 Å². The Kier molecular flexibility index (Phi) is 7.62. The summed E-state index contributed by atoms with van der Waals surface area (Å²) in [7, 11) is -2.07. The molecule has 0 spiro atoms. The third-order valence-electron chi connectivity index (χ3n) is 5.53. The third-order valence-corrected chi connectivity index (χ3v) is 8.04. The molecule has 0 radical (unpaired) electrons. The number of carbonyl (C=O) groups excluding carboxylic acids is 1. The lowest BCUT2D eigenvalue weighted by atomic mass is 10.2. The van der Waals surface area contributed by atoms with Crippen molar-refractivity contribution in [2.75, 3.05) is 28.6 Å². The first-order chi connectivity index (χ1) is 17.6. The van der Waals surface area contributed by atoms with E-state index in [4.69, 9.17) is 16.4 Å². The molecule has 1 aromatic heterocycles. The minimum atomic E-state index is -3.55. The Hall–Kier alpha value is -3.74. The molecule has 11 nitrogen and oxygen atoms in total. The highest BCUT2D eigenvalue weighted by atomic mass is 35.5. The molecule has 1 aliphatic carbocycles. The highest BCUT2D eigenvalue weighted by Gasteiger charge is 2.39. The van der Waals surface area contributed by atoms with Gasteiger partial charge in [0, 0.05) is 36.1 Å². The van der Waals surface area contributed by atoms with E-state index in [0.29, 0.717) is 58.1 Å². The number of allylic oxidation sites excluding steroid dienone is 1. The number of hydrogen-bond acceptors (Lipinski definition) is 9. The van der Waals surface area contributed by atoms with Crippen molar-refractivity contribution < 1.29 is 18.0 Å². The number of nitrogens with zero attached hydrogens (tertiary/aromatic N) is 2. The smallest absolute Gasteiger partial charge is 0.278 e. The summed E-state index contributed by atoms with van der Waals surface area (Å²) in [6.07, 6.45) is 4.35. The fraction of sp³-hybridized carbons (Fsp3) is 0.250. The molecule has 2 heterocycles. The maximum absolute atomic E-state index is 13.0. The van der Waals surface area contributed by atoms with Gasteiger partial charge in [-0.2, -0.15) is 0 Å². The fourth-order valence-electron chi connectivity index (χ4n) is 3.58. The van der Waals surface area contributed by atoms with Crippen LogP contribution < -0.4 is 31.1 Å². The number of nitrogens with one attached hydrogen (secondary N) is 5. The van der Waals surface area contributed by atoms with Crippen molar-refractivity contribution in [3.05, 3.63) is 77.6 Å². The summed E-state index contributed by atoms with van der Waals surface area (Å²) in [4.78, 5) is 22.2. The van der Waals surface area contributed by atoms with Gasteiger partial charge in [0.1, 0.15) is 17.5 Å². The molecule has 0 atom stereocenters. The van der Waals surface area contributed by atoms with E-state index in [1.54, 1.807) is 37.3 Å². The number of halogens is 1. The predicted octanol–water partition coefficient (Wildman–Crippen LogP) is 3.52. The molecule has 13 heteroatoms. The first kappa shape index (κ1) is 26.3. The monoisotopic (exact) mass is 545 g/mol. The quantitative estimate of drug-likeness (QED) is 0.284. The molecular weight excluding hydrogens is 518 g/mol. The Balaban J connectivity index is 1.71. The van der Waals surface area contributed by atoms with Gasteiger partial charge in [0.25, 0.3) is 5.91 Å². The maximum Gasteiger partial charge on any atom is 0.278 e. The summed E-state index contributed by atoms with van der Waals surface area (Å²) in [6.45, 7) is 9.72. The van der Waals surface area contributed by atoms with Gasteiger partial charge in [-0.15, -0.1) is 0 Å². The minimum absolute atomic E-state index is 0.175. The van der Waals surface area contributed by atoms with E-state index < -0.39 is 21.2 Å². The molecular formula is C24H28ClN7O4S. The summed E-state index contributed by atoms with van der Waals surface area (Å²) in [5, 5.41) is 12.2. The van der Waals surface area contributed by atoms with Crippen LogP contribution in [0.25, 0.3) is 0 Å². The first-order valence-corrected chi connectivity index (χ1v) is 13.3. The number of anilines is 4. The molecule has 1 fully saturated rings. The van der Waals surface area contributed by atoms with Gasteiger partial charge in [0.05, 0.1) is 34.5 Å². The van der Waals surface area contributed by atoms with Gasteiger partial charge in [0.2, 0.25) is 10.0 Å². The highest BCUT2D eigenvalue weighted by molar-refractivity contribution is 7.93. The Labute approximate surface area is 220 Å². The Morgan fingerprint density at radius 1 is 1.22 bits per heavy atom. The molecule has 2 aromatic rings. The second-order valence-electron chi connectivity index (χ2n) is 8.41. The first-order valence-electron chi connectivity index (χ1n) is 11.5. The molecule has 1 aromatic carbocycles. The number of pyridine rings is 1. The summed E-state index contributed by atoms with van der Waals surface area (Å²) < 4.78 is 27.1. The molecule has 1 saturated carbocycles. The van der Waals surface area contributed by atoms with Crippen molar-refractivity contribution in [2.24, 2.45) is 0 Å². The molecule has 0 bridgehead atoms. The van der Waals surface area contributed by atoms with E-state index in [0.717, 1.165) is 0 Å². The Morgan fingerprint density at radius 3 is 2.65 bits per heavy atom. The second-order valence-corrected chi connectivity index (χ2v) is 11.1. The SMILES string of the molecule is C=C1C=C(Nc2cc(Nc3ccc(Cl)cc3N(C)S(=O)(=O)C3CC3)c(C(=O)NOCC)cn2)NC(=C)N1. The zero-order valence-corrected chi connectivity index (χ0v) is 22.0. The zero-order chi connectivity index (χ0) is 26.7. The number of sulfonamides is 1. The van der Waals surface area contributed by atoms with E-state index >= 15 is 0 Å². The molecule has 1 amide bonds. The van der Waals surface area contributed by atoms with E-state index in [1.165, 1.54) is 17.5 Å². The number of hydroxylamine groups is 1. The second kappa shape index (κ2) is 10.7. The van der Waals surface area contributed by atoms with Crippen LogP contribution in [-0.4, -0.2) is 38.2 Å². The lowest BCUT2D eigenvalue weighted by Gasteiger charge is -2.24. The van der Waals surface area contributed by atoms with Crippen LogP contribution in [0.5, 0.6) is 0 Å². The molecule has 5 N–H and O–H groups in total. The van der Waals surface area contributed by atoms with Gasteiger partial charge in [-0.05, 0) is 38.0 Å². The summed E-state index contributed by atoms with van der Waals surface area (Å²) in [5.74, 6) is 0.970. The highest BCUT2D eigenvalue weighted by Crippen LogP contribution is 2.38. The summed E-state index contributed by atoms with van der Waals surface area (Å²) in [6, 6.07) is 6.46. The van der Waals surface area contributed by atoms with Crippen LogP contribution in [0.2, 0.25) is 5.02 Å². The fourth-order valence-corrected chi connectivity index (χ4v) is 5.35. The third kappa shape index (κ3) is 6.16. The average molecular weight is 546 g/mol. The van der Waals surface area contributed by atoms with Crippen molar-refractivity contribution in [3.8, 4) is 0 Å². The molecule has 1 aliphatic heterocycles. The number of hydrogen-bond donors (Lipinski definition) is 5. The van der Waals surface area contributed by atoms with Crippen LogP contribution in [0.3, 0.4) is 0 Å². The minimum Gasteiger partial charge on any atom is -0.353 e. The van der Waals surface area contributed by atoms with Crippen LogP contribution in [0.15, 0.2) is 67.0 Å². The van der Waals surface area contributed by atoms with Gasteiger partial charge >= 0.3 is 0 Å². The molecule has 196 valence electrons. The number of rotatable bonds is 10. The standard InChI is InChI=1S/C24H28ClN7O4S/c1-5-36-31-24(33)18-13-26-22(30-23-10-14(2)27-15(3)28-23)12-20(18)29-19-9-6-16(25)11-21(19)32(4)37(34,35)17-7-8-17/h6,9-13,17,27-28H,2-3,5,7-8H2,1,4H3,(H,31,33)(H2,26,29,30). The largest absolute Gasteiger partial charge is 0.353 e. The normalized spacial score (nSPS) is 15.3. The molecule has 37 heavy (non-hydrogen) atoms. The van der Waals surface area contributed by atoms with Crippen molar-refractivity contribution in [3.63, 3.8) is 0 Å². The lowest BCUT2D eigenvalue weighted by molar-refractivity contribution is 0.0365. The van der Waals surface area contributed by atoms with Crippen LogP contribution in [0.4, 0.5) is 22.9 Å². The van der Waals surface area contributed by atoms with Crippen molar-refractivity contribution in [2.45, 2.75) is 25.0 Å². The van der Waals surface area contributed by atoms with Crippen molar-refractivity contribution >= 4 is 50.4 Å². The zero-order valence-electron chi connectivity index (χ0n) is 20.4. The van der Waals surface area contributed by atoms with Crippen LogP contribution in [0, 0.1) is 0 Å². The topological polar surface area (TPSA) is 137 Å². The van der Waals surface area contributed by atoms with Crippen molar-refractivity contribution in [1.29, 1.82) is 0 Å². The number of aromatic nitrogens is 1. The average Bonchev–Trinajstić information content (AvgIpc) is 3.69. The van der Waals surface area contributed by atoms with E-state index in [-0.39, 0.29) is 12.2 Å². The number of carbonyl (C=O) groups is 1. The van der Waals surface area contributed by atoms with Gasteiger partial charge < -0.3 is 21.3 Å². The van der Waals surface area contributed by atoms with E-state index in [2.05, 4.69) is 44.9 Å². The molecule has 0 unspecified atom stereocenters. The van der Waals surface area contributed by atoms with E-state index in [9.17, 15) is 13.2 Å². The number of amides is 1. The van der Waals surface area contributed by atoms with Gasteiger partial charge in [-0.25, -0.2) is 18.9 Å². The molecule has 2 aliphatic rings. The predicted molar refractivity (Wildman–Crippen MR) is 145 cm³/mol. The summed E-state index contributed by atoms with van der Waals surface area (Å²) in [5.41, 5.74) is 4.29. The van der Waals surface area contributed by atoms with Gasteiger partial charge in [-0.1, -0.05) is 24.8 Å². The van der Waals surface area contributed by atoms with Crippen LogP contribution >= 0.6 is 11.6 Å². The van der Waals surface area contributed by atoms with Crippen LogP contribution in [0.1, 0.15) is 30.1 Å². The maximum atomic E-state index is 13.0. The molecule has 4 rings (SSSR count). The Bertz CT molecular complexity index is 1390. The lowest BCUT2D eigenvalue weighted by Crippen LogP contribution is -2.32. The molecule has 0 saturated heterocycles. The van der Waals surface area contributed by atoms with Crippen LogP contribution in [-0.2, 0) is 14.9 Å². The van der Waals surface area contributed by atoms with Crippen molar-refractivity contribution in [1.82, 2.24) is 21.1 Å². The van der Waals surface area contributed by atoms with Gasteiger partial charge in [0.15, 0.2) is 0 Å². The Morgan fingerprint density at radius 2 is 1.97 bits per heavy atom.